The van der Waals surface area contributed by atoms with Gasteiger partial charge in [-0.25, -0.2) is 8.42 Å². The number of hydrogen-bond acceptors (Lipinski definition) is 4. The largest absolute Gasteiger partial charge is 0.460 e. The smallest absolute Gasteiger partial charge is 0.321 e. The Labute approximate surface area is 150 Å². The van der Waals surface area contributed by atoms with Crippen LogP contribution >= 0.6 is 23.2 Å². The number of aryl methyl sites for hydroxylation is 1. The van der Waals surface area contributed by atoms with Crippen LogP contribution in [0.1, 0.15) is 11.1 Å². The Morgan fingerprint density at radius 1 is 1.12 bits per heavy atom. The highest BCUT2D eigenvalue weighted by atomic mass is 35.5. The molecule has 0 heterocycles. The van der Waals surface area contributed by atoms with Crippen LogP contribution in [0.4, 0.5) is 0 Å². The summed E-state index contributed by atoms with van der Waals surface area (Å²) in [4.78, 5) is 11.6. The van der Waals surface area contributed by atoms with Gasteiger partial charge < -0.3 is 4.74 Å². The molecule has 0 fully saturated rings. The minimum absolute atomic E-state index is 0.0784. The van der Waals surface area contributed by atoms with E-state index in [4.69, 9.17) is 27.9 Å². The molecule has 5 nitrogen and oxygen atoms in total. The number of carbonyl (C=O) groups excluding carboxylic acids is 1. The van der Waals surface area contributed by atoms with Gasteiger partial charge in [0.25, 0.3) is 0 Å². The van der Waals surface area contributed by atoms with Gasteiger partial charge in [-0.2, -0.15) is 4.72 Å². The number of nitrogens with one attached hydrogen (secondary N) is 1. The van der Waals surface area contributed by atoms with Crippen LogP contribution in [-0.2, 0) is 26.2 Å². The average molecular weight is 388 g/mol. The number of esters is 1. The van der Waals surface area contributed by atoms with Crippen LogP contribution in [0.15, 0.2) is 47.4 Å². The molecule has 0 spiro atoms. The van der Waals surface area contributed by atoms with E-state index in [2.05, 4.69) is 4.72 Å². The molecule has 0 bridgehead atoms. The Bertz CT molecular complexity index is 853. The van der Waals surface area contributed by atoms with E-state index in [1.54, 1.807) is 0 Å². The number of rotatable bonds is 6. The van der Waals surface area contributed by atoms with Crippen LogP contribution in [0.5, 0.6) is 0 Å². The monoisotopic (exact) mass is 387 g/mol. The molecule has 0 unspecified atom stereocenters. The van der Waals surface area contributed by atoms with Gasteiger partial charge in [-0.1, -0.05) is 53.0 Å². The molecule has 0 atom stereocenters. The maximum atomic E-state index is 12.1. The zero-order chi connectivity index (χ0) is 17.7. The van der Waals surface area contributed by atoms with Crippen LogP contribution in [0.3, 0.4) is 0 Å². The molecule has 128 valence electrons. The average Bonchev–Trinajstić information content (AvgIpc) is 2.53. The molecular formula is C16H15Cl2NO4S. The van der Waals surface area contributed by atoms with Gasteiger partial charge in [0.05, 0.1) is 14.9 Å². The molecule has 0 aliphatic heterocycles. The van der Waals surface area contributed by atoms with E-state index >= 15 is 0 Å². The third-order valence-corrected chi connectivity index (χ3v) is 5.23. The molecule has 2 aromatic rings. The predicted molar refractivity (Wildman–Crippen MR) is 92.6 cm³/mol. The minimum Gasteiger partial charge on any atom is -0.460 e. The van der Waals surface area contributed by atoms with Crippen molar-refractivity contribution < 1.29 is 17.9 Å². The standard InChI is InChI=1S/C16H15Cl2NO4S/c1-11-3-2-4-12(7-11)10-23-16(20)9-19-24(21,22)13-5-6-14(17)15(18)8-13/h2-8,19H,9-10H2,1H3. The number of ether oxygens (including phenoxy) is 1. The fraction of sp³-hybridized carbons (Fsp3) is 0.188. The van der Waals surface area contributed by atoms with Crippen molar-refractivity contribution in [2.24, 2.45) is 0 Å². The third kappa shape index (κ3) is 5.21. The van der Waals surface area contributed by atoms with Gasteiger partial charge in [0.1, 0.15) is 13.2 Å². The normalized spacial score (nSPS) is 11.3. The van der Waals surface area contributed by atoms with E-state index in [0.717, 1.165) is 11.1 Å². The summed E-state index contributed by atoms with van der Waals surface area (Å²) in [5.74, 6) is -0.680. The van der Waals surface area contributed by atoms with Crippen LogP contribution in [-0.4, -0.2) is 20.9 Å². The summed E-state index contributed by atoms with van der Waals surface area (Å²) in [6.07, 6.45) is 0. The van der Waals surface area contributed by atoms with Crippen molar-refractivity contribution in [3.63, 3.8) is 0 Å². The molecule has 0 aliphatic carbocycles. The Morgan fingerprint density at radius 2 is 1.88 bits per heavy atom. The summed E-state index contributed by atoms with van der Waals surface area (Å²) < 4.78 is 31.4. The molecule has 0 aromatic heterocycles. The highest BCUT2D eigenvalue weighted by Gasteiger charge is 2.17. The molecule has 0 saturated heterocycles. The fourth-order valence-electron chi connectivity index (χ4n) is 1.90. The molecular weight excluding hydrogens is 373 g/mol. The Kier molecular flexibility index (Phi) is 6.23. The van der Waals surface area contributed by atoms with Crippen molar-refractivity contribution in [1.29, 1.82) is 0 Å². The minimum atomic E-state index is -3.88. The highest BCUT2D eigenvalue weighted by Crippen LogP contribution is 2.24. The predicted octanol–water partition coefficient (Wildman–Crippen LogP) is 3.32. The van der Waals surface area contributed by atoms with Crippen LogP contribution in [0, 0.1) is 6.92 Å². The van der Waals surface area contributed by atoms with Gasteiger partial charge in [0.15, 0.2) is 0 Å². The summed E-state index contributed by atoms with van der Waals surface area (Å²) in [5, 5.41) is 0.356. The molecule has 0 saturated carbocycles. The first-order chi connectivity index (χ1) is 11.3. The van der Waals surface area contributed by atoms with E-state index in [1.807, 2.05) is 31.2 Å². The lowest BCUT2D eigenvalue weighted by Crippen LogP contribution is -2.30. The molecule has 0 amide bonds. The number of benzene rings is 2. The summed E-state index contributed by atoms with van der Waals surface area (Å²) in [6.45, 7) is 1.53. The molecule has 1 N–H and O–H groups in total. The molecule has 0 aliphatic rings. The zero-order valence-electron chi connectivity index (χ0n) is 12.8. The Hall–Kier alpha value is -1.60. The molecule has 24 heavy (non-hydrogen) atoms. The Morgan fingerprint density at radius 3 is 2.54 bits per heavy atom. The lowest BCUT2D eigenvalue weighted by molar-refractivity contribution is -0.143. The van der Waals surface area contributed by atoms with E-state index < -0.39 is 22.5 Å². The maximum absolute atomic E-state index is 12.1. The topological polar surface area (TPSA) is 72.5 Å². The third-order valence-electron chi connectivity index (χ3n) is 3.09. The summed E-state index contributed by atoms with van der Waals surface area (Å²) in [7, 11) is -3.88. The van der Waals surface area contributed by atoms with Gasteiger partial charge in [-0.3, -0.25) is 4.79 Å². The number of sulfonamides is 1. The second kappa shape index (κ2) is 7.98. The lowest BCUT2D eigenvalue weighted by Gasteiger charge is -2.08. The number of halogens is 2. The number of carbonyl (C=O) groups is 1. The van der Waals surface area contributed by atoms with Gasteiger partial charge in [0, 0.05) is 0 Å². The van der Waals surface area contributed by atoms with Gasteiger partial charge >= 0.3 is 5.97 Å². The Balaban J connectivity index is 1.91. The maximum Gasteiger partial charge on any atom is 0.321 e. The molecule has 2 rings (SSSR count). The van der Waals surface area contributed by atoms with Crippen molar-refractivity contribution in [3.8, 4) is 0 Å². The van der Waals surface area contributed by atoms with Gasteiger partial charge in [-0.05, 0) is 30.7 Å². The summed E-state index contributed by atoms with van der Waals surface area (Å²) in [6, 6.07) is 11.4. The molecule has 2 aromatic carbocycles. The second-order valence-electron chi connectivity index (χ2n) is 5.05. The van der Waals surface area contributed by atoms with Crippen molar-refractivity contribution in [2.75, 3.05) is 6.54 Å². The number of hydrogen-bond donors (Lipinski definition) is 1. The van der Waals surface area contributed by atoms with E-state index in [-0.39, 0.29) is 21.5 Å². The van der Waals surface area contributed by atoms with Crippen molar-refractivity contribution in [3.05, 3.63) is 63.6 Å². The lowest BCUT2D eigenvalue weighted by atomic mass is 10.1. The van der Waals surface area contributed by atoms with Gasteiger partial charge in [0.2, 0.25) is 10.0 Å². The van der Waals surface area contributed by atoms with Crippen molar-refractivity contribution in [1.82, 2.24) is 4.72 Å². The first-order valence-electron chi connectivity index (χ1n) is 6.94. The van der Waals surface area contributed by atoms with Gasteiger partial charge in [-0.15, -0.1) is 0 Å². The SMILES string of the molecule is Cc1cccc(COC(=O)CNS(=O)(=O)c2ccc(Cl)c(Cl)c2)c1. The van der Waals surface area contributed by atoms with Crippen molar-refractivity contribution in [2.45, 2.75) is 18.4 Å². The van der Waals surface area contributed by atoms with E-state index in [1.165, 1.54) is 18.2 Å². The first kappa shape index (κ1) is 18.7. The summed E-state index contributed by atoms with van der Waals surface area (Å²) in [5.41, 5.74) is 1.87. The quantitative estimate of drug-likeness (QED) is 0.771. The zero-order valence-corrected chi connectivity index (χ0v) is 15.1. The van der Waals surface area contributed by atoms with Crippen LogP contribution < -0.4 is 4.72 Å². The van der Waals surface area contributed by atoms with Crippen LogP contribution in [0.2, 0.25) is 10.0 Å². The molecule has 8 heteroatoms. The first-order valence-corrected chi connectivity index (χ1v) is 9.18. The highest BCUT2D eigenvalue weighted by molar-refractivity contribution is 7.89. The summed E-state index contributed by atoms with van der Waals surface area (Å²) >= 11 is 11.5. The fourth-order valence-corrected chi connectivity index (χ4v) is 3.26. The second-order valence-corrected chi connectivity index (χ2v) is 7.63. The van der Waals surface area contributed by atoms with Crippen LogP contribution in [0.25, 0.3) is 0 Å². The molecule has 0 radical (unpaired) electrons. The van der Waals surface area contributed by atoms with Crippen molar-refractivity contribution >= 4 is 39.2 Å². The van der Waals surface area contributed by atoms with E-state index in [9.17, 15) is 13.2 Å². The van der Waals surface area contributed by atoms with E-state index in [0.29, 0.717) is 0 Å².